The number of halogens is 4. The van der Waals surface area contributed by atoms with Gasteiger partial charge in [0.15, 0.2) is 0 Å². The Kier molecular flexibility index (Phi) is 6.85. The van der Waals surface area contributed by atoms with Gasteiger partial charge >= 0.3 is 6.18 Å². The number of carbonyl (C=O) groups excluding carboxylic acids is 1. The van der Waals surface area contributed by atoms with Crippen LogP contribution in [0.3, 0.4) is 0 Å². The lowest BCUT2D eigenvalue weighted by Gasteiger charge is -2.35. The van der Waals surface area contributed by atoms with Crippen LogP contribution >= 0.6 is 12.4 Å². The normalized spacial score (nSPS) is 16.9. The summed E-state index contributed by atoms with van der Waals surface area (Å²) in [5, 5.41) is 10.4. The van der Waals surface area contributed by atoms with Gasteiger partial charge in [-0.25, -0.2) is 0 Å². The van der Waals surface area contributed by atoms with E-state index in [1.807, 2.05) is 24.3 Å². The zero-order valence-electron chi connectivity index (χ0n) is 14.0. The molecule has 2 aromatic rings. The van der Waals surface area contributed by atoms with Crippen molar-refractivity contribution in [2.75, 3.05) is 32.7 Å². The lowest BCUT2D eigenvalue weighted by molar-refractivity contribution is -0.184. The number of aromatic nitrogens is 2. The van der Waals surface area contributed by atoms with Crippen molar-refractivity contribution in [1.29, 1.82) is 0 Å². The molecule has 1 unspecified atom stereocenters. The minimum atomic E-state index is -4.39. The second kappa shape index (κ2) is 8.70. The molecule has 10 heteroatoms. The van der Waals surface area contributed by atoms with Crippen LogP contribution < -0.4 is 10.6 Å². The molecule has 1 aromatic carbocycles. The van der Waals surface area contributed by atoms with Crippen LogP contribution in [0.25, 0.3) is 10.9 Å². The van der Waals surface area contributed by atoms with Gasteiger partial charge in [0.05, 0.1) is 11.7 Å². The molecule has 0 aliphatic carbocycles. The van der Waals surface area contributed by atoms with Crippen molar-refractivity contribution >= 4 is 29.2 Å². The number of piperazine rings is 1. The minimum Gasteiger partial charge on any atom is -0.353 e. The van der Waals surface area contributed by atoms with E-state index >= 15 is 0 Å². The molecule has 1 saturated heterocycles. The molecule has 2 heterocycles. The zero-order valence-corrected chi connectivity index (χ0v) is 14.8. The molecular formula is C16H21ClF3N5O. The third-order valence-electron chi connectivity index (χ3n) is 4.31. The molecule has 0 saturated carbocycles. The number of carbonyl (C=O) groups is 1. The summed E-state index contributed by atoms with van der Waals surface area (Å²) in [6, 6.07) is 5.68. The highest BCUT2D eigenvalue weighted by Gasteiger charge is 2.43. The van der Waals surface area contributed by atoms with Gasteiger partial charge in [0, 0.05) is 38.1 Å². The largest absolute Gasteiger partial charge is 0.405 e. The highest BCUT2D eigenvalue weighted by Crippen LogP contribution is 2.24. The molecule has 1 atom stereocenters. The second-order valence-corrected chi connectivity index (χ2v) is 6.01. The number of alkyl halides is 3. The van der Waals surface area contributed by atoms with E-state index in [-0.39, 0.29) is 19.0 Å². The summed E-state index contributed by atoms with van der Waals surface area (Å²) in [5.74, 6) is -0.488. The van der Waals surface area contributed by atoms with E-state index in [0.717, 1.165) is 10.9 Å². The maximum absolute atomic E-state index is 13.3. The minimum absolute atomic E-state index is 0. The van der Waals surface area contributed by atoms with Crippen LogP contribution in [-0.2, 0) is 11.3 Å². The maximum Gasteiger partial charge on any atom is 0.405 e. The second-order valence-electron chi connectivity index (χ2n) is 6.01. The average Bonchev–Trinajstić information content (AvgIpc) is 2.98. The monoisotopic (exact) mass is 391 g/mol. The van der Waals surface area contributed by atoms with Crippen molar-refractivity contribution in [3.63, 3.8) is 0 Å². The van der Waals surface area contributed by atoms with Gasteiger partial charge in [-0.15, -0.1) is 12.4 Å². The van der Waals surface area contributed by atoms with Gasteiger partial charge in [0.2, 0.25) is 5.91 Å². The molecule has 0 radical (unpaired) electrons. The molecule has 144 valence electrons. The first-order chi connectivity index (χ1) is 11.9. The Morgan fingerprint density at radius 1 is 1.27 bits per heavy atom. The van der Waals surface area contributed by atoms with Crippen molar-refractivity contribution in [3.05, 3.63) is 30.5 Å². The van der Waals surface area contributed by atoms with E-state index < -0.39 is 24.7 Å². The Hall–Kier alpha value is -1.84. The topological polar surface area (TPSA) is 62.2 Å². The molecule has 3 rings (SSSR count). The molecule has 6 nitrogen and oxygen atoms in total. The average molecular weight is 392 g/mol. The molecule has 0 spiro atoms. The van der Waals surface area contributed by atoms with Gasteiger partial charge in [-0.05, 0) is 6.07 Å². The fourth-order valence-corrected chi connectivity index (χ4v) is 3.00. The summed E-state index contributed by atoms with van der Waals surface area (Å²) in [4.78, 5) is 13.5. The number of rotatable bonds is 5. The maximum atomic E-state index is 13.3. The molecule has 1 fully saturated rings. The van der Waals surface area contributed by atoms with Crippen LogP contribution in [0.5, 0.6) is 0 Å². The van der Waals surface area contributed by atoms with Crippen LogP contribution in [0.4, 0.5) is 13.2 Å². The number of amides is 1. The standard InChI is InChI=1S/C16H20F3N5O.ClH/c17-16(18,19)14(23-7-5-20-6-8-23)10-21-15(25)11-24-13-4-2-1-3-12(13)9-22-24;/h1-4,9,14,20H,5-8,10-11H2,(H,21,25);1H. The van der Waals surface area contributed by atoms with E-state index in [1.54, 1.807) is 6.20 Å². The Balaban J connectivity index is 0.00000243. The number of hydrogen-bond donors (Lipinski definition) is 2. The fraction of sp³-hybridized carbons (Fsp3) is 0.500. The van der Waals surface area contributed by atoms with Crippen molar-refractivity contribution in [3.8, 4) is 0 Å². The summed E-state index contributed by atoms with van der Waals surface area (Å²) in [6.45, 7) is 1.08. The van der Waals surface area contributed by atoms with Crippen LogP contribution in [0.2, 0.25) is 0 Å². The quantitative estimate of drug-likeness (QED) is 0.809. The molecule has 1 aliphatic heterocycles. The predicted octanol–water partition coefficient (Wildman–Crippen LogP) is 1.41. The van der Waals surface area contributed by atoms with E-state index in [0.29, 0.717) is 26.2 Å². The highest BCUT2D eigenvalue weighted by atomic mass is 35.5. The first-order valence-electron chi connectivity index (χ1n) is 8.14. The summed E-state index contributed by atoms with van der Waals surface area (Å²) in [5.41, 5.74) is 0.770. The third kappa shape index (κ3) is 4.87. The summed E-state index contributed by atoms with van der Waals surface area (Å²) in [6.07, 6.45) is -2.76. The van der Waals surface area contributed by atoms with Crippen molar-refractivity contribution in [2.45, 2.75) is 18.8 Å². The Bertz CT molecular complexity index is 730. The van der Waals surface area contributed by atoms with Gasteiger partial charge in [0.25, 0.3) is 0 Å². The zero-order chi connectivity index (χ0) is 17.9. The van der Waals surface area contributed by atoms with Gasteiger partial charge in [-0.2, -0.15) is 18.3 Å². The summed E-state index contributed by atoms with van der Waals surface area (Å²) < 4.78 is 41.4. The smallest absolute Gasteiger partial charge is 0.353 e. The first kappa shape index (κ1) is 20.5. The van der Waals surface area contributed by atoms with Crippen LogP contribution in [0, 0.1) is 0 Å². The van der Waals surface area contributed by atoms with E-state index in [2.05, 4.69) is 15.7 Å². The van der Waals surface area contributed by atoms with Crippen molar-refractivity contribution in [2.24, 2.45) is 0 Å². The van der Waals surface area contributed by atoms with Crippen molar-refractivity contribution < 1.29 is 18.0 Å². The molecule has 1 aromatic heterocycles. The number of para-hydroxylation sites is 1. The number of nitrogens with one attached hydrogen (secondary N) is 2. The Morgan fingerprint density at radius 3 is 2.65 bits per heavy atom. The van der Waals surface area contributed by atoms with E-state index in [1.165, 1.54) is 9.58 Å². The Labute approximate surface area is 155 Å². The number of hydrogen-bond acceptors (Lipinski definition) is 4. The summed E-state index contributed by atoms with van der Waals surface area (Å²) in [7, 11) is 0. The van der Waals surface area contributed by atoms with Crippen LogP contribution in [0.15, 0.2) is 30.5 Å². The highest BCUT2D eigenvalue weighted by molar-refractivity contribution is 5.85. The van der Waals surface area contributed by atoms with E-state index in [9.17, 15) is 18.0 Å². The molecule has 1 aliphatic rings. The third-order valence-corrected chi connectivity index (χ3v) is 4.31. The number of benzene rings is 1. The summed E-state index contributed by atoms with van der Waals surface area (Å²) >= 11 is 0. The Morgan fingerprint density at radius 2 is 1.96 bits per heavy atom. The van der Waals surface area contributed by atoms with E-state index in [4.69, 9.17) is 0 Å². The van der Waals surface area contributed by atoms with Gasteiger partial charge < -0.3 is 10.6 Å². The predicted molar refractivity (Wildman–Crippen MR) is 94.3 cm³/mol. The molecule has 26 heavy (non-hydrogen) atoms. The van der Waals surface area contributed by atoms with Crippen LogP contribution in [0.1, 0.15) is 0 Å². The first-order valence-corrected chi connectivity index (χ1v) is 8.14. The molecule has 0 bridgehead atoms. The lowest BCUT2D eigenvalue weighted by atomic mass is 10.2. The van der Waals surface area contributed by atoms with Gasteiger partial charge in [0.1, 0.15) is 12.6 Å². The number of nitrogens with zero attached hydrogens (tertiary/aromatic N) is 3. The number of fused-ring (bicyclic) bond motifs is 1. The molecule has 2 N–H and O–H groups in total. The van der Waals surface area contributed by atoms with Crippen LogP contribution in [-0.4, -0.2) is 65.5 Å². The fourth-order valence-electron chi connectivity index (χ4n) is 3.00. The van der Waals surface area contributed by atoms with Crippen molar-refractivity contribution in [1.82, 2.24) is 25.3 Å². The SMILES string of the molecule is Cl.O=C(Cn1ncc2ccccc21)NCC(N1CCNCC1)C(F)(F)F. The molecular weight excluding hydrogens is 371 g/mol. The van der Waals surface area contributed by atoms with Gasteiger partial charge in [-0.3, -0.25) is 14.4 Å². The molecule has 1 amide bonds. The van der Waals surface area contributed by atoms with Gasteiger partial charge in [-0.1, -0.05) is 18.2 Å². The lowest BCUT2D eigenvalue weighted by Crippen LogP contribution is -2.57.